The standard InChI is InChI=1S/C13H15F4N3O/c14-11-2-1-9(18)7-10(11)12(21)20-5-3-19(4-6-20)8-13(15,16)17/h1-2,7H,3-6,8,18H2. The predicted molar refractivity (Wildman–Crippen MR) is 69.2 cm³/mol. The van der Waals surface area contributed by atoms with Crippen molar-refractivity contribution in [2.45, 2.75) is 6.18 Å². The highest BCUT2D eigenvalue weighted by Gasteiger charge is 2.33. The number of carbonyl (C=O) groups is 1. The summed E-state index contributed by atoms with van der Waals surface area (Å²) in [7, 11) is 0. The van der Waals surface area contributed by atoms with Crippen LogP contribution in [0.25, 0.3) is 0 Å². The zero-order chi connectivity index (χ0) is 15.6. The minimum atomic E-state index is -4.26. The van der Waals surface area contributed by atoms with Gasteiger partial charge >= 0.3 is 6.18 Å². The van der Waals surface area contributed by atoms with Crippen LogP contribution < -0.4 is 5.73 Å². The first-order valence-corrected chi connectivity index (χ1v) is 6.40. The number of nitrogen functional groups attached to an aromatic ring is 1. The number of rotatable bonds is 2. The smallest absolute Gasteiger partial charge is 0.399 e. The number of anilines is 1. The van der Waals surface area contributed by atoms with Crippen molar-refractivity contribution in [1.29, 1.82) is 0 Å². The minimum Gasteiger partial charge on any atom is -0.399 e. The van der Waals surface area contributed by atoms with Gasteiger partial charge in [-0.2, -0.15) is 13.2 Å². The number of carbonyl (C=O) groups excluding carboxylic acids is 1. The quantitative estimate of drug-likeness (QED) is 0.669. The highest BCUT2D eigenvalue weighted by Crippen LogP contribution is 2.19. The third kappa shape index (κ3) is 4.07. The van der Waals surface area contributed by atoms with Crippen molar-refractivity contribution in [2.24, 2.45) is 0 Å². The van der Waals surface area contributed by atoms with Crippen LogP contribution in [0.15, 0.2) is 18.2 Å². The first-order valence-electron chi connectivity index (χ1n) is 6.40. The monoisotopic (exact) mass is 305 g/mol. The zero-order valence-corrected chi connectivity index (χ0v) is 11.2. The molecule has 0 bridgehead atoms. The molecule has 0 aromatic heterocycles. The number of alkyl halides is 3. The molecule has 0 aliphatic carbocycles. The molecular weight excluding hydrogens is 290 g/mol. The van der Waals surface area contributed by atoms with Crippen LogP contribution >= 0.6 is 0 Å². The minimum absolute atomic E-state index is 0.106. The molecule has 0 saturated carbocycles. The fraction of sp³-hybridized carbons (Fsp3) is 0.462. The Balaban J connectivity index is 1.99. The lowest BCUT2D eigenvalue weighted by molar-refractivity contribution is -0.148. The van der Waals surface area contributed by atoms with Gasteiger partial charge in [-0.25, -0.2) is 4.39 Å². The average Bonchev–Trinajstić information content (AvgIpc) is 2.40. The molecule has 0 atom stereocenters. The Hall–Kier alpha value is -1.83. The molecule has 8 heteroatoms. The summed E-state index contributed by atoms with van der Waals surface area (Å²) >= 11 is 0. The second kappa shape index (κ2) is 5.88. The van der Waals surface area contributed by atoms with Crippen molar-refractivity contribution in [3.05, 3.63) is 29.6 Å². The molecule has 1 saturated heterocycles. The third-order valence-electron chi connectivity index (χ3n) is 3.28. The molecule has 2 rings (SSSR count). The van der Waals surface area contributed by atoms with E-state index in [1.165, 1.54) is 21.9 Å². The first kappa shape index (κ1) is 15.6. The number of nitrogens with zero attached hydrogens (tertiary/aromatic N) is 2. The molecule has 1 aliphatic rings. The maximum Gasteiger partial charge on any atom is 0.401 e. The molecule has 4 nitrogen and oxygen atoms in total. The topological polar surface area (TPSA) is 49.6 Å². The molecule has 1 heterocycles. The highest BCUT2D eigenvalue weighted by atomic mass is 19.4. The van der Waals surface area contributed by atoms with Crippen molar-refractivity contribution >= 4 is 11.6 Å². The Morgan fingerprint density at radius 2 is 1.81 bits per heavy atom. The van der Waals surface area contributed by atoms with Crippen molar-refractivity contribution in [3.8, 4) is 0 Å². The van der Waals surface area contributed by atoms with Crippen molar-refractivity contribution in [1.82, 2.24) is 9.80 Å². The van der Waals surface area contributed by atoms with E-state index in [0.717, 1.165) is 6.07 Å². The van der Waals surface area contributed by atoms with Gasteiger partial charge in [0.2, 0.25) is 0 Å². The number of benzene rings is 1. The second-order valence-corrected chi connectivity index (χ2v) is 4.92. The van der Waals surface area contributed by atoms with Crippen LogP contribution in [-0.2, 0) is 0 Å². The largest absolute Gasteiger partial charge is 0.401 e. The molecule has 0 unspecified atom stereocenters. The van der Waals surface area contributed by atoms with Crippen LogP contribution in [-0.4, -0.2) is 54.6 Å². The van der Waals surface area contributed by atoms with Gasteiger partial charge in [0, 0.05) is 31.9 Å². The summed E-state index contributed by atoms with van der Waals surface area (Å²) in [5, 5.41) is 0. The molecule has 1 aliphatic heterocycles. The van der Waals surface area contributed by atoms with Gasteiger partial charge in [-0.15, -0.1) is 0 Å². The van der Waals surface area contributed by atoms with Crippen LogP contribution in [0.2, 0.25) is 0 Å². The van der Waals surface area contributed by atoms with Crippen LogP contribution in [0.4, 0.5) is 23.2 Å². The van der Waals surface area contributed by atoms with E-state index in [2.05, 4.69) is 0 Å². The molecule has 21 heavy (non-hydrogen) atoms. The molecule has 1 aromatic carbocycles. The average molecular weight is 305 g/mol. The van der Waals surface area contributed by atoms with Gasteiger partial charge < -0.3 is 10.6 Å². The molecule has 2 N–H and O–H groups in total. The van der Waals surface area contributed by atoms with E-state index >= 15 is 0 Å². The second-order valence-electron chi connectivity index (χ2n) is 4.92. The molecule has 116 valence electrons. The highest BCUT2D eigenvalue weighted by molar-refractivity contribution is 5.95. The summed E-state index contributed by atoms with van der Waals surface area (Å²) in [5.74, 6) is -1.24. The summed E-state index contributed by atoms with van der Waals surface area (Å²) in [6, 6.07) is 3.68. The van der Waals surface area contributed by atoms with Gasteiger partial charge in [-0.1, -0.05) is 0 Å². The summed E-state index contributed by atoms with van der Waals surface area (Å²) in [6.45, 7) is -0.529. The summed E-state index contributed by atoms with van der Waals surface area (Å²) in [4.78, 5) is 14.7. The van der Waals surface area contributed by atoms with E-state index in [0.29, 0.717) is 0 Å². The number of nitrogens with two attached hydrogens (primary N) is 1. The summed E-state index contributed by atoms with van der Waals surface area (Å²) in [5.41, 5.74) is 5.62. The molecule has 0 radical (unpaired) electrons. The summed E-state index contributed by atoms with van der Waals surface area (Å²) in [6.07, 6.45) is -4.26. The van der Waals surface area contributed by atoms with Crippen molar-refractivity contribution < 1.29 is 22.4 Å². The Morgan fingerprint density at radius 3 is 2.38 bits per heavy atom. The fourth-order valence-electron chi connectivity index (χ4n) is 2.24. The number of hydrogen-bond donors (Lipinski definition) is 1. The SMILES string of the molecule is Nc1ccc(F)c(C(=O)N2CCN(CC(F)(F)F)CC2)c1. The number of halogens is 4. The lowest BCUT2D eigenvalue weighted by atomic mass is 10.1. The lowest BCUT2D eigenvalue weighted by Crippen LogP contribution is -2.51. The Bertz CT molecular complexity index is 525. The predicted octanol–water partition coefficient (Wildman–Crippen LogP) is 1.73. The normalized spacial score (nSPS) is 17.0. The van der Waals surface area contributed by atoms with Gasteiger partial charge in [0.15, 0.2) is 0 Å². The molecule has 0 spiro atoms. The van der Waals surface area contributed by atoms with E-state index in [9.17, 15) is 22.4 Å². The van der Waals surface area contributed by atoms with Crippen LogP contribution in [0, 0.1) is 5.82 Å². The first-order chi connectivity index (χ1) is 9.76. The van der Waals surface area contributed by atoms with Gasteiger partial charge in [-0.05, 0) is 18.2 Å². The van der Waals surface area contributed by atoms with E-state index in [4.69, 9.17) is 5.73 Å². The van der Waals surface area contributed by atoms with Crippen molar-refractivity contribution in [3.63, 3.8) is 0 Å². The number of amides is 1. The number of piperazine rings is 1. The van der Waals surface area contributed by atoms with E-state index in [-0.39, 0.29) is 37.4 Å². The van der Waals surface area contributed by atoms with Crippen LogP contribution in [0.1, 0.15) is 10.4 Å². The summed E-state index contributed by atoms with van der Waals surface area (Å²) < 4.78 is 50.4. The molecule has 1 amide bonds. The van der Waals surface area contributed by atoms with E-state index in [1.54, 1.807) is 0 Å². The van der Waals surface area contributed by atoms with Gasteiger partial charge in [0.1, 0.15) is 5.82 Å². The zero-order valence-electron chi connectivity index (χ0n) is 11.2. The van der Waals surface area contributed by atoms with Gasteiger partial charge in [0.05, 0.1) is 12.1 Å². The fourth-order valence-corrected chi connectivity index (χ4v) is 2.24. The maximum atomic E-state index is 13.6. The molecular formula is C13H15F4N3O. The number of hydrogen-bond acceptors (Lipinski definition) is 3. The van der Waals surface area contributed by atoms with Gasteiger partial charge in [-0.3, -0.25) is 9.69 Å². The molecule has 1 aromatic rings. The molecule has 1 fully saturated rings. The lowest BCUT2D eigenvalue weighted by Gasteiger charge is -2.35. The van der Waals surface area contributed by atoms with Gasteiger partial charge in [0.25, 0.3) is 5.91 Å². The Kier molecular flexibility index (Phi) is 4.36. The maximum absolute atomic E-state index is 13.6. The van der Waals surface area contributed by atoms with E-state index in [1.807, 2.05) is 0 Å². The Morgan fingerprint density at radius 1 is 1.19 bits per heavy atom. The third-order valence-corrected chi connectivity index (χ3v) is 3.28. The van der Waals surface area contributed by atoms with Crippen LogP contribution in [0.3, 0.4) is 0 Å². The van der Waals surface area contributed by atoms with E-state index < -0.39 is 24.4 Å². The van der Waals surface area contributed by atoms with Crippen LogP contribution in [0.5, 0.6) is 0 Å². The van der Waals surface area contributed by atoms with Crippen molar-refractivity contribution in [2.75, 3.05) is 38.5 Å². The Labute approximate surface area is 119 Å².